The first kappa shape index (κ1) is 35.7. The molecule has 46 heavy (non-hydrogen) atoms. The Kier molecular flexibility index (Phi) is 13.7. The van der Waals surface area contributed by atoms with Gasteiger partial charge in [-0.05, 0) is 36.4 Å². The second kappa shape index (κ2) is 17.6. The minimum atomic E-state index is -1.79. The Labute approximate surface area is 267 Å². The molecule has 0 unspecified atom stereocenters. The minimum Gasteiger partial charge on any atom is -0.462 e. The van der Waals surface area contributed by atoms with E-state index in [1.165, 1.54) is 18.1 Å². The fraction of sp³-hybridized carbons (Fsp3) is 0.406. The highest BCUT2D eigenvalue weighted by molar-refractivity contribution is 5.93. The first-order valence-electron chi connectivity index (χ1n) is 14.5. The number of carbonyl (C=O) groups is 4. The maximum Gasteiger partial charge on any atom is 0.303 e. The largest absolute Gasteiger partial charge is 0.462 e. The van der Waals surface area contributed by atoms with Gasteiger partial charge in [0.25, 0.3) is 5.91 Å². The molecule has 0 aromatic carbocycles. The van der Waals surface area contributed by atoms with Crippen LogP contribution in [0, 0.1) is 0 Å². The summed E-state index contributed by atoms with van der Waals surface area (Å²) in [4.78, 5) is 64.5. The van der Waals surface area contributed by atoms with Crippen molar-refractivity contribution in [3.8, 4) is 0 Å². The van der Waals surface area contributed by atoms with Crippen LogP contribution < -0.4 is 0 Å². The van der Waals surface area contributed by atoms with Crippen LogP contribution in [0.3, 0.4) is 0 Å². The third-order valence-electron chi connectivity index (χ3n) is 6.66. The SMILES string of the molecule is CC(=O)OC[C@@H](OC(C)=O)[C@@H](O)[C@H](OC(C)=O)[C@@H](O)CN(C)C(=O)c1ccc(CN(Cc2ccccn2)Cc2ccccn2)nc1. The Morgan fingerprint density at radius 3 is 1.78 bits per heavy atom. The number of aromatic nitrogens is 3. The molecule has 4 atom stereocenters. The molecular formula is C32H39N5O9. The summed E-state index contributed by atoms with van der Waals surface area (Å²) < 4.78 is 15.0. The molecule has 0 aliphatic rings. The lowest BCUT2D eigenvalue weighted by atomic mass is 10.0. The second-order valence-electron chi connectivity index (χ2n) is 10.6. The smallest absolute Gasteiger partial charge is 0.303 e. The van der Waals surface area contributed by atoms with Crippen molar-refractivity contribution >= 4 is 23.8 Å². The first-order valence-corrected chi connectivity index (χ1v) is 14.5. The van der Waals surface area contributed by atoms with E-state index in [2.05, 4.69) is 19.9 Å². The van der Waals surface area contributed by atoms with Crippen molar-refractivity contribution in [2.45, 2.75) is 64.8 Å². The molecule has 0 saturated carbocycles. The maximum absolute atomic E-state index is 13.2. The summed E-state index contributed by atoms with van der Waals surface area (Å²) in [5, 5.41) is 21.8. The second-order valence-corrected chi connectivity index (χ2v) is 10.6. The zero-order valence-electron chi connectivity index (χ0n) is 26.2. The maximum atomic E-state index is 13.2. The van der Waals surface area contributed by atoms with Gasteiger partial charge in [0.15, 0.2) is 12.2 Å². The van der Waals surface area contributed by atoms with Gasteiger partial charge in [-0.15, -0.1) is 0 Å². The molecule has 0 spiro atoms. The molecule has 1 amide bonds. The summed E-state index contributed by atoms with van der Waals surface area (Å²) >= 11 is 0. The van der Waals surface area contributed by atoms with Crippen molar-refractivity contribution < 1.29 is 43.6 Å². The number of rotatable bonds is 16. The Hall–Kier alpha value is -4.79. The summed E-state index contributed by atoms with van der Waals surface area (Å²) in [6, 6.07) is 14.8. The lowest BCUT2D eigenvalue weighted by molar-refractivity contribution is -0.186. The molecule has 3 heterocycles. The number of aliphatic hydroxyl groups excluding tert-OH is 2. The summed E-state index contributed by atoms with van der Waals surface area (Å²) in [5.74, 6) is -2.84. The van der Waals surface area contributed by atoms with Gasteiger partial charge >= 0.3 is 17.9 Å². The minimum absolute atomic E-state index is 0.233. The van der Waals surface area contributed by atoms with Crippen LogP contribution in [-0.4, -0.2) is 103 Å². The molecule has 14 heteroatoms. The Morgan fingerprint density at radius 1 is 0.761 bits per heavy atom. The predicted molar refractivity (Wildman–Crippen MR) is 162 cm³/mol. The van der Waals surface area contributed by atoms with E-state index in [1.807, 2.05) is 36.4 Å². The van der Waals surface area contributed by atoms with E-state index < -0.39 is 54.8 Å². The molecule has 2 N–H and O–H groups in total. The van der Waals surface area contributed by atoms with Gasteiger partial charge in [0.1, 0.15) is 18.8 Å². The van der Waals surface area contributed by atoms with E-state index in [0.717, 1.165) is 32.2 Å². The average Bonchev–Trinajstić information content (AvgIpc) is 3.02. The lowest BCUT2D eigenvalue weighted by Crippen LogP contribution is -2.53. The molecule has 0 aliphatic heterocycles. The highest BCUT2D eigenvalue weighted by Gasteiger charge is 2.39. The van der Waals surface area contributed by atoms with Crippen molar-refractivity contribution in [1.82, 2.24) is 24.8 Å². The van der Waals surface area contributed by atoms with Gasteiger partial charge in [0.2, 0.25) is 0 Å². The van der Waals surface area contributed by atoms with Crippen LogP contribution in [0.5, 0.6) is 0 Å². The third-order valence-corrected chi connectivity index (χ3v) is 6.66. The van der Waals surface area contributed by atoms with E-state index >= 15 is 0 Å². The normalized spacial score (nSPS) is 13.6. The highest BCUT2D eigenvalue weighted by Crippen LogP contribution is 2.17. The van der Waals surface area contributed by atoms with E-state index in [4.69, 9.17) is 14.2 Å². The van der Waals surface area contributed by atoms with Crippen molar-refractivity contribution in [2.24, 2.45) is 0 Å². The van der Waals surface area contributed by atoms with Gasteiger partial charge < -0.3 is 29.3 Å². The number of hydrogen-bond acceptors (Lipinski definition) is 13. The number of ether oxygens (including phenoxy) is 3. The molecule has 3 aromatic heterocycles. The number of hydrogen-bond donors (Lipinski definition) is 2. The number of amides is 1. The molecule has 3 rings (SSSR count). The van der Waals surface area contributed by atoms with Gasteiger partial charge in [-0.1, -0.05) is 12.1 Å². The summed E-state index contributed by atoms with van der Waals surface area (Å²) in [7, 11) is 1.42. The van der Waals surface area contributed by atoms with Crippen molar-refractivity contribution in [3.05, 3.63) is 89.8 Å². The summed E-state index contributed by atoms with van der Waals surface area (Å²) in [5.41, 5.74) is 2.70. The van der Waals surface area contributed by atoms with Gasteiger partial charge in [-0.2, -0.15) is 0 Å². The van der Waals surface area contributed by atoms with Crippen LogP contribution in [0.15, 0.2) is 67.1 Å². The molecular weight excluding hydrogens is 598 g/mol. The van der Waals surface area contributed by atoms with Gasteiger partial charge in [0.05, 0.1) is 29.2 Å². The zero-order chi connectivity index (χ0) is 33.6. The molecule has 3 aromatic rings. The van der Waals surface area contributed by atoms with E-state index in [-0.39, 0.29) is 12.1 Å². The van der Waals surface area contributed by atoms with Gasteiger partial charge in [0, 0.05) is 66.0 Å². The number of nitrogens with zero attached hydrogens (tertiary/aromatic N) is 5. The van der Waals surface area contributed by atoms with Gasteiger partial charge in [-0.3, -0.25) is 39.0 Å². The van der Waals surface area contributed by atoms with E-state index in [9.17, 15) is 29.4 Å². The molecule has 0 aliphatic carbocycles. The molecule has 0 bridgehead atoms. The van der Waals surface area contributed by atoms with Crippen molar-refractivity contribution in [3.63, 3.8) is 0 Å². The van der Waals surface area contributed by atoms with Gasteiger partial charge in [-0.25, -0.2) is 0 Å². The number of pyridine rings is 3. The number of aliphatic hydroxyl groups is 2. The Balaban J connectivity index is 1.69. The van der Waals surface area contributed by atoms with Crippen LogP contribution in [0.2, 0.25) is 0 Å². The molecule has 246 valence electrons. The molecule has 0 radical (unpaired) electrons. The third kappa shape index (κ3) is 11.6. The number of esters is 3. The van der Waals surface area contributed by atoms with Crippen molar-refractivity contribution in [2.75, 3.05) is 20.2 Å². The van der Waals surface area contributed by atoms with E-state index in [1.54, 1.807) is 24.5 Å². The van der Waals surface area contributed by atoms with Crippen LogP contribution in [0.25, 0.3) is 0 Å². The molecule has 0 saturated heterocycles. The average molecular weight is 638 g/mol. The fourth-order valence-corrected chi connectivity index (χ4v) is 4.56. The Bertz CT molecular complexity index is 1390. The molecule has 0 fully saturated rings. The Morgan fingerprint density at radius 2 is 1.33 bits per heavy atom. The standard InChI is InChI=1S/C32H39N5O9/c1-21(38)44-20-29(45-22(2)39)30(42)31(46-23(3)40)28(41)19-36(4)32(43)24-11-12-27(35-15-24)18-37(16-25-9-5-7-13-33-25)17-26-10-6-8-14-34-26/h5-15,28-31,41-42H,16-20H2,1-4H3/t28-,29+,30+,31+/m0/s1. The first-order chi connectivity index (χ1) is 21.9. The molecule has 14 nitrogen and oxygen atoms in total. The van der Waals surface area contributed by atoms with Crippen LogP contribution >= 0.6 is 0 Å². The summed E-state index contributed by atoms with van der Waals surface area (Å²) in [6.07, 6.45) is -1.58. The van der Waals surface area contributed by atoms with Crippen LogP contribution in [-0.2, 0) is 48.2 Å². The number of carbonyl (C=O) groups excluding carboxylic acids is 4. The zero-order valence-corrected chi connectivity index (χ0v) is 26.2. The van der Waals surface area contributed by atoms with Crippen LogP contribution in [0.1, 0.15) is 48.2 Å². The fourth-order valence-electron chi connectivity index (χ4n) is 4.56. The van der Waals surface area contributed by atoms with Crippen LogP contribution in [0.4, 0.5) is 0 Å². The van der Waals surface area contributed by atoms with Crippen molar-refractivity contribution in [1.29, 1.82) is 0 Å². The predicted octanol–water partition coefficient (Wildman–Crippen LogP) is 1.29. The summed E-state index contributed by atoms with van der Waals surface area (Å²) in [6.45, 7) is 3.90. The lowest BCUT2D eigenvalue weighted by Gasteiger charge is -2.33. The highest BCUT2D eigenvalue weighted by atomic mass is 16.6. The monoisotopic (exact) mass is 637 g/mol. The topological polar surface area (TPSA) is 182 Å². The quantitative estimate of drug-likeness (QED) is 0.170. The van der Waals surface area contributed by atoms with E-state index in [0.29, 0.717) is 25.3 Å². The number of likely N-dealkylation sites (N-methyl/N-ethyl adjacent to an activating group) is 1.